The molecule has 1 aromatic heterocycles. The van der Waals surface area contributed by atoms with Gasteiger partial charge in [-0.05, 0) is 31.2 Å². The smallest absolute Gasteiger partial charge is 0.244 e. The summed E-state index contributed by atoms with van der Waals surface area (Å²) in [4.78, 5) is 31.0. The van der Waals surface area contributed by atoms with Crippen LogP contribution >= 0.6 is 23.1 Å². The normalized spacial score (nSPS) is 14.9. The van der Waals surface area contributed by atoms with Crippen molar-refractivity contribution in [1.29, 1.82) is 0 Å². The minimum Gasteiger partial charge on any atom is -0.323 e. The molecule has 0 radical (unpaired) electrons. The van der Waals surface area contributed by atoms with E-state index in [4.69, 9.17) is 0 Å². The number of amides is 2. The fourth-order valence-electron chi connectivity index (χ4n) is 2.75. The SMILES string of the molecule is CC(Sc1nc2ccccc2s1)C(=O)N1CC(=O)Nc2ccccc21. The molecule has 0 saturated heterocycles. The summed E-state index contributed by atoms with van der Waals surface area (Å²) in [5.74, 6) is -0.268. The third kappa shape index (κ3) is 3.12. The number of aromatic nitrogens is 1. The molecule has 1 unspecified atom stereocenters. The zero-order chi connectivity index (χ0) is 17.4. The minimum atomic E-state index is -0.334. The Bertz CT molecular complexity index is 937. The summed E-state index contributed by atoms with van der Waals surface area (Å²) in [6.45, 7) is 1.90. The molecule has 0 fully saturated rings. The predicted molar refractivity (Wildman–Crippen MR) is 102 cm³/mol. The lowest BCUT2D eigenvalue weighted by Gasteiger charge is -2.30. The monoisotopic (exact) mass is 369 g/mol. The Morgan fingerprint density at radius 2 is 2.00 bits per heavy atom. The van der Waals surface area contributed by atoms with Gasteiger partial charge in [-0.3, -0.25) is 14.5 Å². The average Bonchev–Trinajstić information content (AvgIpc) is 3.02. The summed E-state index contributed by atoms with van der Waals surface area (Å²) in [6, 6.07) is 15.3. The second-order valence-electron chi connectivity index (χ2n) is 5.70. The van der Waals surface area contributed by atoms with Crippen LogP contribution in [-0.4, -0.2) is 28.6 Å². The minimum absolute atomic E-state index is 0.0423. The molecule has 2 amide bonds. The van der Waals surface area contributed by atoms with Crippen LogP contribution in [0, 0.1) is 0 Å². The number of rotatable bonds is 3. The molecule has 1 atom stereocenters. The zero-order valence-corrected chi connectivity index (χ0v) is 15.1. The van der Waals surface area contributed by atoms with Gasteiger partial charge in [0.05, 0.1) is 26.8 Å². The third-order valence-electron chi connectivity index (χ3n) is 3.94. The van der Waals surface area contributed by atoms with E-state index in [0.29, 0.717) is 5.69 Å². The van der Waals surface area contributed by atoms with Gasteiger partial charge in [-0.1, -0.05) is 36.0 Å². The average molecular weight is 369 g/mol. The van der Waals surface area contributed by atoms with Gasteiger partial charge in [-0.25, -0.2) is 4.98 Å². The lowest BCUT2D eigenvalue weighted by molar-refractivity contribution is -0.121. The number of nitrogens with one attached hydrogen (secondary N) is 1. The molecule has 2 aromatic carbocycles. The van der Waals surface area contributed by atoms with Crippen LogP contribution in [0.1, 0.15) is 6.92 Å². The first-order valence-electron chi connectivity index (χ1n) is 7.84. The lowest BCUT2D eigenvalue weighted by Crippen LogP contribution is -2.45. The van der Waals surface area contributed by atoms with Crippen molar-refractivity contribution in [3.05, 3.63) is 48.5 Å². The predicted octanol–water partition coefficient (Wildman–Crippen LogP) is 3.76. The Balaban J connectivity index is 1.57. The van der Waals surface area contributed by atoms with Crippen molar-refractivity contribution in [2.24, 2.45) is 0 Å². The standard InChI is InChI=1S/C18H15N3O2S2/c1-11(24-18-20-13-7-3-5-9-15(13)25-18)17(23)21-10-16(22)19-12-6-2-4-8-14(12)21/h2-9,11H,10H2,1H3,(H,19,22). The van der Waals surface area contributed by atoms with Crippen molar-refractivity contribution in [3.8, 4) is 0 Å². The summed E-state index contributed by atoms with van der Waals surface area (Å²) in [5.41, 5.74) is 2.35. The molecule has 0 spiro atoms. The van der Waals surface area contributed by atoms with Gasteiger partial charge in [0.15, 0.2) is 4.34 Å². The molecule has 1 aliphatic rings. The molecule has 1 N–H and O–H groups in total. The van der Waals surface area contributed by atoms with Gasteiger partial charge in [-0.2, -0.15) is 0 Å². The summed E-state index contributed by atoms with van der Waals surface area (Å²) >= 11 is 3.01. The summed E-state index contributed by atoms with van der Waals surface area (Å²) in [7, 11) is 0. The summed E-state index contributed by atoms with van der Waals surface area (Å²) < 4.78 is 1.96. The Morgan fingerprint density at radius 3 is 2.84 bits per heavy atom. The highest BCUT2D eigenvalue weighted by atomic mass is 32.2. The highest BCUT2D eigenvalue weighted by Crippen LogP contribution is 2.35. The molecule has 0 saturated carbocycles. The van der Waals surface area contributed by atoms with Gasteiger partial charge in [0, 0.05) is 0 Å². The second-order valence-corrected chi connectivity index (χ2v) is 8.32. The van der Waals surface area contributed by atoms with Gasteiger partial charge >= 0.3 is 0 Å². The maximum atomic E-state index is 12.9. The van der Waals surface area contributed by atoms with Crippen molar-refractivity contribution < 1.29 is 9.59 Å². The number of carbonyl (C=O) groups is 2. The molecule has 3 aromatic rings. The number of thioether (sulfide) groups is 1. The maximum Gasteiger partial charge on any atom is 0.244 e. The molecular weight excluding hydrogens is 354 g/mol. The van der Waals surface area contributed by atoms with Crippen molar-refractivity contribution >= 4 is 56.5 Å². The van der Waals surface area contributed by atoms with Crippen molar-refractivity contribution in [3.63, 3.8) is 0 Å². The number of fused-ring (bicyclic) bond motifs is 2. The second kappa shape index (κ2) is 6.50. The molecule has 4 rings (SSSR count). The van der Waals surface area contributed by atoms with Gasteiger partial charge in [0.2, 0.25) is 11.8 Å². The van der Waals surface area contributed by atoms with Crippen LogP contribution in [0.25, 0.3) is 10.2 Å². The van der Waals surface area contributed by atoms with Crippen LogP contribution < -0.4 is 10.2 Å². The summed E-state index contributed by atoms with van der Waals surface area (Å²) in [5, 5.41) is 2.47. The quantitative estimate of drug-likeness (QED) is 0.714. The van der Waals surface area contributed by atoms with Gasteiger partial charge in [-0.15, -0.1) is 11.3 Å². The lowest BCUT2D eigenvalue weighted by atomic mass is 10.2. The number of hydrogen-bond donors (Lipinski definition) is 1. The van der Waals surface area contributed by atoms with Crippen LogP contribution in [0.4, 0.5) is 11.4 Å². The number of carbonyl (C=O) groups excluding carboxylic acids is 2. The Morgan fingerprint density at radius 1 is 1.24 bits per heavy atom. The van der Waals surface area contributed by atoms with Crippen LogP contribution in [0.5, 0.6) is 0 Å². The van der Waals surface area contributed by atoms with E-state index >= 15 is 0 Å². The molecule has 7 heteroatoms. The third-order valence-corrected chi connectivity index (χ3v) is 6.15. The number of para-hydroxylation sites is 3. The van der Waals surface area contributed by atoms with Crippen molar-refractivity contribution in [2.45, 2.75) is 16.5 Å². The fourth-order valence-corrected chi connectivity index (χ4v) is 5.03. The Kier molecular flexibility index (Phi) is 4.19. The van der Waals surface area contributed by atoms with E-state index in [-0.39, 0.29) is 23.6 Å². The Labute approximate surface area is 153 Å². The first-order valence-corrected chi connectivity index (χ1v) is 9.54. The molecular formula is C18H15N3O2S2. The van der Waals surface area contributed by atoms with Gasteiger partial charge < -0.3 is 5.32 Å². The van der Waals surface area contributed by atoms with E-state index in [1.165, 1.54) is 11.8 Å². The molecule has 1 aliphatic heterocycles. The molecule has 0 aliphatic carbocycles. The molecule has 2 heterocycles. The number of anilines is 2. The Hall–Kier alpha value is -2.38. The van der Waals surface area contributed by atoms with Crippen molar-refractivity contribution in [2.75, 3.05) is 16.8 Å². The van der Waals surface area contributed by atoms with Crippen LogP contribution in [-0.2, 0) is 9.59 Å². The first kappa shape index (κ1) is 16.1. The number of nitrogens with zero attached hydrogens (tertiary/aromatic N) is 2. The zero-order valence-electron chi connectivity index (χ0n) is 13.4. The van der Waals surface area contributed by atoms with Crippen LogP contribution in [0.3, 0.4) is 0 Å². The fraction of sp³-hybridized carbons (Fsp3) is 0.167. The van der Waals surface area contributed by atoms with Gasteiger partial charge in [0.1, 0.15) is 6.54 Å². The van der Waals surface area contributed by atoms with Crippen LogP contribution in [0.15, 0.2) is 52.9 Å². The molecule has 0 bridgehead atoms. The largest absolute Gasteiger partial charge is 0.323 e. The van der Waals surface area contributed by atoms with Gasteiger partial charge in [0.25, 0.3) is 0 Å². The van der Waals surface area contributed by atoms with E-state index in [9.17, 15) is 9.59 Å². The summed E-state index contributed by atoms with van der Waals surface area (Å²) in [6.07, 6.45) is 0. The number of benzene rings is 2. The molecule has 25 heavy (non-hydrogen) atoms. The topological polar surface area (TPSA) is 62.3 Å². The van der Waals surface area contributed by atoms with E-state index in [1.807, 2.05) is 49.4 Å². The molecule has 126 valence electrons. The highest BCUT2D eigenvalue weighted by Gasteiger charge is 2.30. The van der Waals surface area contributed by atoms with E-state index in [0.717, 1.165) is 20.2 Å². The maximum absolute atomic E-state index is 12.9. The van der Waals surface area contributed by atoms with E-state index in [1.54, 1.807) is 22.3 Å². The first-order chi connectivity index (χ1) is 12.1. The number of thiazole rings is 1. The van der Waals surface area contributed by atoms with Crippen LogP contribution in [0.2, 0.25) is 0 Å². The van der Waals surface area contributed by atoms with Crippen molar-refractivity contribution in [1.82, 2.24) is 4.98 Å². The highest BCUT2D eigenvalue weighted by molar-refractivity contribution is 8.02. The molecule has 5 nitrogen and oxygen atoms in total. The number of hydrogen-bond acceptors (Lipinski definition) is 5. The van der Waals surface area contributed by atoms with E-state index < -0.39 is 0 Å². The van der Waals surface area contributed by atoms with E-state index in [2.05, 4.69) is 10.3 Å².